The molecular weight excluding hydrogens is 364 g/mol. The summed E-state index contributed by atoms with van der Waals surface area (Å²) < 4.78 is 7.22. The van der Waals surface area contributed by atoms with Gasteiger partial charge in [0, 0.05) is 29.1 Å². The third-order valence-electron chi connectivity index (χ3n) is 4.88. The average molecular weight is 380 g/mol. The molecule has 0 unspecified atom stereocenters. The second-order valence-corrected chi connectivity index (χ2v) is 6.67. The Bertz CT molecular complexity index is 1320. The number of imidazole rings is 1. The van der Waals surface area contributed by atoms with Crippen molar-refractivity contribution in [2.45, 2.75) is 0 Å². The van der Waals surface area contributed by atoms with Crippen molar-refractivity contribution in [1.82, 2.24) is 14.4 Å². The minimum absolute atomic E-state index is 0.435. The van der Waals surface area contributed by atoms with Gasteiger partial charge in [-0.15, -0.1) is 0 Å². The van der Waals surface area contributed by atoms with Crippen molar-refractivity contribution in [3.8, 4) is 33.6 Å². The predicted molar refractivity (Wildman–Crippen MR) is 110 cm³/mol. The molecule has 2 N–H and O–H groups in total. The van der Waals surface area contributed by atoms with Crippen molar-refractivity contribution in [1.29, 1.82) is 0 Å². The van der Waals surface area contributed by atoms with Crippen LogP contribution < -0.4 is 5.73 Å². The van der Waals surface area contributed by atoms with E-state index in [0.717, 1.165) is 39.3 Å². The van der Waals surface area contributed by atoms with E-state index in [1.54, 1.807) is 30.9 Å². The molecule has 0 saturated heterocycles. The van der Waals surface area contributed by atoms with Gasteiger partial charge in [0.1, 0.15) is 5.65 Å². The lowest BCUT2D eigenvalue weighted by atomic mass is 10.1. The monoisotopic (exact) mass is 380 g/mol. The minimum Gasteiger partial charge on any atom is -0.472 e. The van der Waals surface area contributed by atoms with E-state index in [4.69, 9.17) is 10.2 Å². The summed E-state index contributed by atoms with van der Waals surface area (Å²) >= 11 is 0. The molecule has 5 rings (SSSR count). The van der Waals surface area contributed by atoms with Crippen LogP contribution in [0.2, 0.25) is 0 Å². The Hall–Kier alpha value is -4.19. The molecule has 0 aliphatic heterocycles. The zero-order valence-electron chi connectivity index (χ0n) is 15.3. The van der Waals surface area contributed by atoms with E-state index >= 15 is 0 Å². The molecule has 0 saturated carbocycles. The van der Waals surface area contributed by atoms with Crippen LogP contribution in [-0.2, 0) is 0 Å². The lowest BCUT2D eigenvalue weighted by Crippen LogP contribution is -2.10. The summed E-state index contributed by atoms with van der Waals surface area (Å²) in [6, 6.07) is 17.1. The molecule has 0 aliphatic rings. The summed E-state index contributed by atoms with van der Waals surface area (Å²) in [4.78, 5) is 20.3. The highest BCUT2D eigenvalue weighted by atomic mass is 16.3. The molecule has 0 aliphatic carbocycles. The molecule has 4 aromatic heterocycles. The first-order valence-corrected chi connectivity index (χ1v) is 9.05. The number of hydrogen-bond acceptors (Lipinski definition) is 4. The quantitative estimate of drug-likeness (QED) is 0.500. The molecule has 0 bridgehead atoms. The topological polar surface area (TPSA) is 86.4 Å². The molecule has 5 aromatic rings. The van der Waals surface area contributed by atoms with Gasteiger partial charge < -0.3 is 10.2 Å². The number of hydrogen-bond donors (Lipinski definition) is 1. The third kappa shape index (κ3) is 3.06. The number of nitrogens with two attached hydrogens (primary N) is 1. The second kappa shape index (κ2) is 6.76. The average Bonchev–Trinajstić information content (AvgIpc) is 3.44. The number of amides is 1. The highest BCUT2D eigenvalue weighted by Crippen LogP contribution is 2.28. The number of pyridine rings is 2. The van der Waals surface area contributed by atoms with E-state index in [-0.39, 0.29) is 0 Å². The van der Waals surface area contributed by atoms with Crippen LogP contribution in [0.25, 0.3) is 39.3 Å². The summed E-state index contributed by atoms with van der Waals surface area (Å²) in [7, 11) is 0. The van der Waals surface area contributed by atoms with Crippen LogP contribution in [0.4, 0.5) is 0 Å². The Kier molecular flexibility index (Phi) is 3.95. The van der Waals surface area contributed by atoms with E-state index in [1.807, 2.05) is 59.3 Å². The van der Waals surface area contributed by atoms with Crippen LogP contribution in [0.15, 0.2) is 90.1 Å². The van der Waals surface area contributed by atoms with Crippen LogP contribution in [0.5, 0.6) is 0 Å². The predicted octanol–water partition coefficient (Wildman–Crippen LogP) is 4.42. The van der Waals surface area contributed by atoms with Crippen molar-refractivity contribution in [2.24, 2.45) is 5.73 Å². The van der Waals surface area contributed by atoms with Gasteiger partial charge in [0.05, 0.1) is 30.1 Å². The van der Waals surface area contributed by atoms with E-state index in [1.165, 1.54) is 0 Å². The van der Waals surface area contributed by atoms with Gasteiger partial charge in [0.25, 0.3) is 0 Å². The minimum atomic E-state index is -0.435. The zero-order chi connectivity index (χ0) is 19.8. The lowest BCUT2D eigenvalue weighted by molar-refractivity contribution is 0.100. The Balaban J connectivity index is 1.58. The summed E-state index contributed by atoms with van der Waals surface area (Å²) in [5.41, 5.74) is 12.4. The number of fused-ring (bicyclic) bond motifs is 1. The third-order valence-corrected chi connectivity index (χ3v) is 4.88. The maximum absolute atomic E-state index is 11.3. The molecule has 0 radical (unpaired) electrons. The first kappa shape index (κ1) is 16.9. The van der Waals surface area contributed by atoms with E-state index < -0.39 is 5.91 Å². The van der Waals surface area contributed by atoms with Gasteiger partial charge in [-0.2, -0.15) is 0 Å². The van der Waals surface area contributed by atoms with Crippen molar-refractivity contribution < 1.29 is 9.21 Å². The van der Waals surface area contributed by atoms with E-state index in [2.05, 4.69) is 9.97 Å². The standard InChI is InChI=1S/C23H16N4O2/c24-23(28)16-3-1-15(2-4-16)18-5-6-22-26-12-21(27(22)13-18)17-7-9-25-20(11-17)19-8-10-29-14-19/h1-14H,(H2,24,28). The summed E-state index contributed by atoms with van der Waals surface area (Å²) in [5.74, 6) is -0.435. The Morgan fingerprint density at radius 2 is 1.72 bits per heavy atom. The molecule has 140 valence electrons. The van der Waals surface area contributed by atoms with Gasteiger partial charge in [-0.25, -0.2) is 4.98 Å². The first-order valence-electron chi connectivity index (χ1n) is 9.05. The SMILES string of the molecule is NC(=O)c1ccc(-c2ccc3ncc(-c4ccnc(-c5ccoc5)c4)n3c2)cc1. The van der Waals surface area contributed by atoms with E-state index in [9.17, 15) is 4.79 Å². The Labute approximate surface area is 166 Å². The van der Waals surface area contributed by atoms with Gasteiger partial charge in [-0.1, -0.05) is 12.1 Å². The van der Waals surface area contributed by atoms with Crippen LogP contribution in [-0.4, -0.2) is 20.3 Å². The highest BCUT2D eigenvalue weighted by molar-refractivity contribution is 5.93. The summed E-state index contributed by atoms with van der Waals surface area (Å²) in [5, 5.41) is 0. The Morgan fingerprint density at radius 1 is 0.897 bits per heavy atom. The number of primary amides is 1. The van der Waals surface area contributed by atoms with Gasteiger partial charge in [-0.3, -0.25) is 14.2 Å². The molecule has 1 amide bonds. The normalized spacial score (nSPS) is 11.0. The van der Waals surface area contributed by atoms with Crippen molar-refractivity contribution in [3.63, 3.8) is 0 Å². The van der Waals surface area contributed by atoms with Crippen LogP contribution in [0, 0.1) is 0 Å². The van der Waals surface area contributed by atoms with Gasteiger partial charge >= 0.3 is 0 Å². The molecule has 6 heteroatoms. The molecule has 0 spiro atoms. The van der Waals surface area contributed by atoms with Gasteiger partial charge in [0.2, 0.25) is 5.91 Å². The smallest absolute Gasteiger partial charge is 0.248 e. The molecule has 0 fully saturated rings. The van der Waals surface area contributed by atoms with Gasteiger partial charge in [-0.05, 0) is 53.6 Å². The molecule has 6 nitrogen and oxygen atoms in total. The largest absolute Gasteiger partial charge is 0.472 e. The fraction of sp³-hybridized carbons (Fsp3) is 0. The molecule has 29 heavy (non-hydrogen) atoms. The fourth-order valence-corrected chi connectivity index (χ4v) is 3.35. The van der Waals surface area contributed by atoms with Crippen LogP contribution >= 0.6 is 0 Å². The Morgan fingerprint density at radius 3 is 2.48 bits per heavy atom. The molecule has 0 atom stereocenters. The number of rotatable bonds is 4. The van der Waals surface area contributed by atoms with E-state index in [0.29, 0.717) is 5.56 Å². The van der Waals surface area contributed by atoms with Gasteiger partial charge in [0.15, 0.2) is 0 Å². The number of benzene rings is 1. The van der Waals surface area contributed by atoms with Crippen molar-refractivity contribution in [2.75, 3.05) is 0 Å². The number of furan rings is 1. The number of nitrogens with zero attached hydrogens (tertiary/aromatic N) is 3. The maximum atomic E-state index is 11.3. The van der Waals surface area contributed by atoms with Crippen LogP contribution in [0.1, 0.15) is 10.4 Å². The highest BCUT2D eigenvalue weighted by Gasteiger charge is 2.10. The van der Waals surface area contributed by atoms with Crippen LogP contribution in [0.3, 0.4) is 0 Å². The first-order chi connectivity index (χ1) is 14.2. The molecule has 1 aromatic carbocycles. The van der Waals surface area contributed by atoms with Crippen molar-refractivity contribution in [3.05, 3.63) is 91.3 Å². The summed E-state index contributed by atoms with van der Waals surface area (Å²) in [6.07, 6.45) is 8.98. The molecule has 4 heterocycles. The second-order valence-electron chi connectivity index (χ2n) is 6.67. The fourth-order valence-electron chi connectivity index (χ4n) is 3.35. The summed E-state index contributed by atoms with van der Waals surface area (Å²) in [6.45, 7) is 0. The maximum Gasteiger partial charge on any atom is 0.248 e. The number of carbonyl (C=O) groups excluding carboxylic acids is 1. The van der Waals surface area contributed by atoms with Crippen molar-refractivity contribution >= 4 is 11.6 Å². The zero-order valence-corrected chi connectivity index (χ0v) is 15.3. The lowest BCUT2D eigenvalue weighted by Gasteiger charge is -2.07. The number of aromatic nitrogens is 3. The molecular formula is C23H16N4O2. The number of carbonyl (C=O) groups is 1.